The molecule has 0 aliphatic heterocycles. The van der Waals surface area contributed by atoms with Crippen LogP contribution in [0.1, 0.15) is 13.8 Å². The Balaban J connectivity index is 2.75. The smallest absolute Gasteiger partial charge is 0.240 e. The van der Waals surface area contributed by atoms with Gasteiger partial charge in [0.05, 0.1) is 18.0 Å². The zero-order valence-corrected chi connectivity index (χ0v) is 7.52. The van der Waals surface area contributed by atoms with Gasteiger partial charge in [0.15, 0.2) is 0 Å². The molecule has 1 aromatic heterocycles. The highest BCUT2D eigenvalue weighted by molar-refractivity contribution is 5.47. The van der Waals surface area contributed by atoms with E-state index in [0.29, 0.717) is 11.6 Å². The van der Waals surface area contributed by atoms with Crippen molar-refractivity contribution in [3.05, 3.63) is 18.3 Å². The molecule has 1 heterocycles. The minimum absolute atomic E-state index is 0.0907. The fourth-order valence-corrected chi connectivity index (χ4v) is 0.803. The van der Waals surface area contributed by atoms with Crippen molar-refractivity contribution in [2.24, 2.45) is 4.99 Å². The average molecular weight is 178 g/mol. The second-order valence-corrected chi connectivity index (χ2v) is 2.72. The highest BCUT2D eigenvalue weighted by atomic mass is 16.5. The summed E-state index contributed by atoms with van der Waals surface area (Å²) in [7, 11) is 0. The summed E-state index contributed by atoms with van der Waals surface area (Å²) in [6, 6.07) is 3.31. The van der Waals surface area contributed by atoms with Gasteiger partial charge >= 0.3 is 0 Å². The van der Waals surface area contributed by atoms with Gasteiger partial charge in [-0.2, -0.15) is 4.99 Å². The van der Waals surface area contributed by atoms with Crippen LogP contribution >= 0.6 is 0 Å². The summed E-state index contributed by atoms with van der Waals surface area (Å²) >= 11 is 0. The van der Waals surface area contributed by atoms with E-state index < -0.39 is 0 Å². The van der Waals surface area contributed by atoms with Gasteiger partial charge in [0, 0.05) is 6.07 Å². The Bertz CT molecular complexity index is 313. The van der Waals surface area contributed by atoms with E-state index in [0.717, 1.165) is 0 Å². The number of isocyanates is 1. The molecule has 0 aliphatic carbocycles. The summed E-state index contributed by atoms with van der Waals surface area (Å²) in [5.41, 5.74) is 0.478. The fourth-order valence-electron chi connectivity index (χ4n) is 0.803. The maximum Gasteiger partial charge on any atom is 0.240 e. The minimum Gasteiger partial charge on any atom is -0.475 e. The van der Waals surface area contributed by atoms with Crippen molar-refractivity contribution in [1.29, 1.82) is 0 Å². The molecule has 68 valence electrons. The van der Waals surface area contributed by atoms with E-state index in [-0.39, 0.29) is 6.10 Å². The summed E-state index contributed by atoms with van der Waals surface area (Å²) in [6.45, 7) is 3.83. The fraction of sp³-hybridized carbons (Fsp3) is 0.333. The van der Waals surface area contributed by atoms with Gasteiger partial charge in [-0.15, -0.1) is 0 Å². The minimum atomic E-state index is 0.0907. The Labute approximate surface area is 76.3 Å². The van der Waals surface area contributed by atoms with Crippen molar-refractivity contribution in [3.63, 3.8) is 0 Å². The number of hydrogen-bond donors (Lipinski definition) is 0. The third kappa shape index (κ3) is 3.05. The molecule has 13 heavy (non-hydrogen) atoms. The number of aliphatic imine (C=N–C) groups is 1. The van der Waals surface area contributed by atoms with Crippen LogP contribution < -0.4 is 4.74 Å². The van der Waals surface area contributed by atoms with Crippen LogP contribution in [-0.4, -0.2) is 17.2 Å². The lowest BCUT2D eigenvalue weighted by Gasteiger charge is -2.07. The quantitative estimate of drug-likeness (QED) is 0.524. The van der Waals surface area contributed by atoms with Crippen molar-refractivity contribution < 1.29 is 9.53 Å². The van der Waals surface area contributed by atoms with Gasteiger partial charge < -0.3 is 4.74 Å². The topological polar surface area (TPSA) is 51.5 Å². The third-order valence-electron chi connectivity index (χ3n) is 1.25. The average Bonchev–Trinajstić information content (AvgIpc) is 2.08. The molecular formula is C9H10N2O2. The zero-order valence-electron chi connectivity index (χ0n) is 7.52. The molecule has 0 bridgehead atoms. The molecule has 0 fully saturated rings. The normalized spacial score (nSPS) is 9.46. The number of nitrogens with zero attached hydrogens (tertiary/aromatic N) is 2. The number of aromatic nitrogens is 1. The molecule has 0 saturated carbocycles. The SMILES string of the molecule is CC(C)Oc1ccc(N=C=O)cn1. The van der Waals surface area contributed by atoms with Gasteiger partial charge in [-0.1, -0.05) is 0 Å². The lowest BCUT2D eigenvalue weighted by atomic mass is 10.4. The van der Waals surface area contributed by atoms with E-state index in [1.165, 1.54) is 12.3 Å². The molecule has 0 unspecified atom stereocenters. The van der Waals surface area contributed by atoms with E-state index in [1.807, 2.05) is 13.8 Å². The van der Waals surface area contributed by atoms with Crippen LogP contribution in [0.4, 0.5) is 5.69 Å². The van der Waals surface area contributed by atoms with Crippen LogP contribution in [0, 0.1) is 0 Å². The predicted molar refractivity (Wildman–Crippen MR) is 47.8 cm³/mol. The Kier molecular flexibility index (Phi) is 3.17. The number of pyridine rings is 1. The van der Waals surface area contributed by atoms with Gasteiger partial charge in [0.1, 0.15) is 0 Å². The molecule has 0 saturated heterocycles. The first-order valence-electron chi connectivity index (χ1n) is 3.93. The van der Waals surface area contributed by atoms with Crippen molar-refractivity contribution in [3.8, 4) is 5.88 Å². The molecule has 0 aromatic carbocycles. The molecular weight excluding hydrogens is 168 g/mol. The predicted octanol–water partition coefficient (Wildman–Crippen LogP) is 1.84. The molecule has 0 radical (unpaired) electrons. The summed E-state index contributed by atoms with van der Waals surface area (Å²) in [4.78, 5) is 17.2. The van der Waals surface area contributed by atoms with Gasteiger partial charge in [-0.25, -0.2) is 9.78 Å². The van der Waals surface area contributed by atoms with E-state index in [4.69, 9.17) is 4.74 Å². The zero-order chi connectivity index (χ0) is 9.68. The number of ether oxygens (including phenoxy) is 1. The second-order valence-electron chi connectivity index (χ2n) is 2.72. The molecule has 1 aromatic rings. The van der Waals surface area contributed by atoms with Crippen molar-refractivity contribution in [2.75, 3.05) is 0 Å². The molecule has 0 spiro atoms. The van der Waals surface area contributed by atoms with Crippen molar-refractivity contribution >= 4 is 11.8 Å². The maximum atomic E-state index is 9.89. The molecule has 4 heteroatoms. The van der Waals surface area contributed by atoms with E-state index in [9.17, 15) is 4.79 Å². The Hall–Kier alpha value is -1.67. The van der Waals surface area contributed by atoms with Crippen molar-refractivity contribution in [2.45, 2.75) is 20.0 Å². The van der Waals surface area contributed by atoms with Gasteiger partial charge in [0.2, 0.25) is 12.0 Å². The van der Waals surface area contributed by atoms with Gasteiger partial charge in [0.25, 0.3) is 0 Å². The van der Waals surface area contributed by atoms with Crippen LogP contribution in [0.3, 0.4) is 0 Å². The van der Waals surface area contributed by atoms with Crippen LogP contribution in [0.15, 0.2) is 23.3 Å². The molecule has 0 N–H and O–H groups in total. The lowest BCUT2D eigenvalue weighted by Crippen LogP contribution is -2.06. The van der Waals surface area contributed by atoms with Crippen LogP contribution in [0.5, 0.6) is 5.88 Å². The highest BCUT2D eigenvalue weighted by Crippen LogP contribution is 2.14. The lowest BCUT2D eigenvalue weighted by molar-refractivity contribution is 0.232. The van der Waals surface area contributed by atoms with Gasteiger partial charge in [-0.05, 0) is 19.9 Å². The first kappa shape index (κ1) is 9.42. The Morgan fingerprint density at radius 1 is 1.54 bits per heavy atom. The third-order valence-corrected chi connectivity index (χ3v) is 1.25. The molecule has 0 aliphatic rings. The number of carbonyl (C=O) groups excluding carboxylic acids is 1. The Morgan fingerprint density at radius 3 is 2.77 bits per heavy atom. The molecule has 1 rings (SSSR count). The highest BCUT2D eigenvalue weighted by Gasteiger charge is 1.97. The van der Waals surface area contributed by atoms with E-state index in [2.05, 4.69) is 9.98 Å². The second kappa shape index (κ2) is 4.38. The summed E-state index contributed by atoms with van der Waals surface area (Å²) in [5, 5.41) is 0. The number of hydrogen-bond acceptors (Lipinski definition) is 4. The summed E-state index contributed by atoms with van der Waals surface area (Å²) < 4.78 is 5.30. The molecule has 0 amide bonds. The maximum absolute atomic E-state index is 9.89. The molecule has 4 nitrogen and oxygen atoms in total. The van der Waals surface area contributed by atoms with Gasteiger partial charge in [-0.3, -0.25) is 0 Å². The number of rotatable bonds is 3. The van der Waals surface area contributed by atoms with Crippen LogP contribution in [0.25, 0.3) is 0 Å². The standard InChI is InChI=1S/C9H10N2O2/c1-7(2)13-9-4-3-8(5-10-9)11-6-12/h3-5,7H,1-2H3. The summed E-state index contributed by atoms with van der Waals surface area (Å²) in [5.74, 6) is 0.528. The van der Waals surface area contributed by atoms with E-state index in [1.54, 1.807) is 12.1 Å². The van der Waals surface area contributed by atoms with Crippen LogP contribution in [0.2, 0.25) is 0 Å². The first-order valence-corrected chi connectivity index (χ1v) is 3.93. The van der Waals surface area contributed by atoms with E-state index >= 15 is 0 Å². The van der Waals surface area contributed by atoms with Crippen LogP contribution in [-0.2, 0) is 4.79 Å². The first-order chi connectivity index (χ1) is 6.22. The summed E-state index contributed by atoms with van der Waals surface area (Å²) in [6.07, 6.45) is 2.99. The Morgan fingerprint density at radius 2 is 2.31 bits per heavy atom. The monoisotopic (exact) mass is 178 g/mol. The van der Waals surface area contributed by atoms with Crippen molar-refractivity contribution in [1.82, 2.24) is 4.98 Å². The largest absolute Gasteiger partial charge is 0.475 e. The molecule has 0 atom stereocenters.